The fraction of sp³-hybridized carbons (Fsp3) is 0.588. The molecule has 0 amide bonds. The number of esters is 1. The molecule has 1 aliphatic heterocycles. The molecule has 1 fully saturated rings. The number of carbonyl (C=O) groups excluding carboxylic acids is 1. The second kappa shape index (κ2) is 6.76. The number of carboxylic acid groups (broad SMARTS) is 1. The van der Waals surface area contributed by atoms with E-state index in [0.29, 0.717) is 6.61 Å². The summed E-state index contributed by atoms with van der Waals surface area (Å²) in [6.07, 6.45) is 5.19. The normalized spacial score (nSPS) is 18.0. The van der Waals surface area contributed by atoms with Crippen LogP contribution in [0.5, 0.6) is 5.75 Å². The lowest BCUT2D eigenvalue weighted by Crippen LogP contribution is -2.39. The minimum absolute atomic E-state index is 0.0355. The topological polar surface area (TPSA) is 95.0 Å². The Morgan fingerprint density at radius 3 is 2.79 bits per heavy atom. The summed E-state index contributed by atoms with van der Waals surface area (Å²) < 4.78 is 17.2. The molecule has 0 saturated heterocycles. The fourth-order valence-electron chi connectivity index (χ4n) is 3.11. The van der Waals surface area contributed by atoms with E-state index in [1.54, 1.807) is 6.20 Å². The fourth-order valence-corrected chi connectivity index (χ4v) is 3.11. The van der Waals surface area contributed by atoms with E-state index >= 15 is 0 Å². The van der Waals surface area contributed by atoms with Crippen molar-refractivity contribution in [3.8, 4) is 5.75 Å². The Hall–Kier alpha value is -2.15. The molecule has 2 heterocycles. The molecule has 1 aliphatic carbocycles. The first-order valence-electron chi connectivity index (χ1n) is 8.17. The van der Waals surface area contributed by atoms with Gasteiger partial charge in [0.25, 0.3) is 0 Å². The highest BCUT2D eigenvalue weighted by molar-refractivity contribution is 5.76. The number of carbonyl (C=O) groups is 2. The SMILES string of the molecule is Cc1ncc(COC(=O)CCC(=O)O)c2c1OC1(CCCC1)OC2. The number of aliphatic carboxylic acids is 1. The van der Waals surface area contributed by atoms with Crippen molar-refractivity contribution in [2.75, 3.05) is 0 Å². The number of hydrogen-bond donors (Lipinski definition) is 1. The van der Waals surface area contributed by atoms with Crippen LogP contribution in [0.15, 0.2) is 6.20 Å². The minimum atomic E-state index is -1.02. The maximum atomic E-state index is 11.6. The molecule has 24 heavy (non-hydrogen) atoms. The summed E-state index contributed by atoms with van der Waals surface area (Å²) >= 11 is 0. The molecule has 2 aliphatic rings. The molecule has 1 aromatic rings. The minimum Gasteiger partial charge on any atom is -0.481 e. The molecule has 0 atom stereocenters. The smallest absolute Gasteiger partial charge is 0.306 e. The molecule has 1 saturated carbocycles. The predicted molar refractivity (Wildman–Crippen MR) is 82.3 cm³/mol. The number of hydrogen-bond acceptors (Lipinski definition) is 6. The lowest BCUT2D eigenvalue weighted by Gasteiger charge is -2.36. The van der Waals surface area contributed by atoms with Gasteiger partial charge in [-0.15, -0.1) is 0 Å². The number of aryl methyl sites for hydroxylation is 1. The van der Waals surface area contributed by atoms with Gasteiger partial charge in [-0.1, -0.05) is 0 Å². The number of rotatable bonds is 5. The van der Waals surface area contributed by atoms with E-state index in [1.165, 1.54) is 0 Å². The van der Waals surface area contributed by atoms with Crippen molar-refractivity contribution in [2.24, 2.45) is 0 Å². The molecule has 130 valence electrons. The van der Waals surface area contributed by atoms with Crippen molar-refractivity contribution >= 4 is 11.9 Å². The second-order valence-corrected chi connectivity index (χ2v) is 6.24. The van der Waals surface area contributed by atoms with Crippen LogP contribution in [0, 0.1) is 6.92 Å². The molecule has 0 radical (unpaired) electrons. The summed E-state index contributed by atoms with van der Waals surface area (Å²) in [7, 11) is 0. The summed E-state index contributed by atoms with van der Waals surface area (Å²) in [6, 6.07) is 0. The van der Waals surface area contributed by atoms with Crippen LogP contribution in [0.3, 0.4) is 0 Å². The molecule has 0 bridgehead atoms. The average Bonchev–Trinajstić information content (AvgIpc) is 3.00. The van der Waals surface area contributed by atoms with Crippen molar-refractivity contribution in [2.45, 2.75) is 64.4 Å². The van der Waals surface area contributed by atoms with E-state index in [4.69, 9.17) is 19.3 Å². The van der Waals surface area contributed by atoms with Crippen LogP contribution in [0.4, 0.5) is 0 Å². The van der Waals surface area contributed by atoms with Crippen molar-refractivity contribution in [3.05, 3.63) is 23.0 Å². The lowest BCUT2D eigenvalue weighted by molar-refractivity contribution is -0.201. The first kappa shape index (κ1) is 16.7. The maximum Gasteiger partial charge on any atom is 0.306 e. The number of nitrogens with zero attached hydrogens (tertiary/aromatic N) is 1. The van der Waals surface area contributed by atoms with E-state index in [1.807, 2.05) is 6.92 Å². The molecular formula is C17H21NO6. The quantitative estimate of drug-likeness (QED) is 0.826. The van der Waals surface area contributed by atoms with Crippen molar-refractivity contribution < 1.29 is 28.9 Å². The lowest BCUT2D eigenvalue weighted by atomic mass is 10.1. The zero-order chi connectivity index (χ0) is 17.2. The zero-order valence-electron chi connectivity index (χ0n) is 13.7. The molecule has 0 aromatic carbocycles. The zero-order valence-corrected chi connectivity index (χ0v) is 13.7. The number of fused-ring (bicyclic) bond motifs is 1. The Morgan fingerprint density at radius 2 is 2.08 bits per heavy atom. The van der Waals surface area contributed by atoms with Crippen LogP contribution in [0.2, 0.25) is 0 Å². The molecule has 1 aromatic heterocycles. The highest BCUT2D eigenvalue weighted by Crippen LogP contribution is 2.43. The van der Waals surface area contributed by atoms with Gasteiger partial charge >= 0.3 is 11.9 Å². The van der Waals surface area contributed by atoms with Crippen molar-refractivity contribution in [1.29, 1.82) is 0 Å². The maximum absolute atomic E-state index is 11.6. The number of ether oxygens (including phenoxy) is 3. The van der Waals surface area contributed by atoms with Crippen LogP contribution >= 0.6 is 0 Å². The predicted octanol–water partition coefficient (Wildman–Crippen LogP) is 2.48. The van der Waals surface area contributed by atoms with Crippen molar-refractivity contribution in [1.82, 2.24) is 4.98 Å². The number of carboxylic acids is 1. The molecule has 1 spiro atoms. The Morgan fingerprint density at radius 1 is 1.33 bits per heavy atom. The monoisotopic (exact) mass is 335 g/mol. The third-order valence-electron chi connectivity index (χ3n) is 4.47. The van der Waals surface area contributed by atoms with Gasteiger partial charge in [0.1, 0.15) is 12.4 Å². The Bertz CT molecular complexity index is 651. The summed E-state index contributed by atoms with van der Waals surface area (Å²) in [5.41, 5.74) is 2.37. The van der Waals surface area contributed by atoms with Crippen LogP contribution in [-0.4, -0.2) is 27.8 Å². The van der Waals surface area contributed by atoms with Gasteiger partial charge < -0.3 is 19.3 Å². The molecule has 0 unspecified atom stereocenters. The first-order chi connectivity index (χ1) is 11.5. The Kier molecular flexibility index (Phi) is 4.71. The van der Waals surface area contributed by atoms with Gasteiger partial charge in [-0.3, -0.25) is 14.6 Å². The second-order valence-electron chi connectivity index (χ2n) is 6.24. The molecule has 7 heteroatoms. The van der Waals surface area contributed by atoms with E-state index in [2.05, 4.69) is 4.98 Å². The average molecular weight is 335 g/mol. The molecular weight excluding hydrogens is 314 g/mol. The van der Waals surface area contributed by atoms with E-state index in [0.717, 1.165) is 48.3 Å². The van der Waals surface area contributed by atoms with Crippen LogP contribution in [0.25, 0.3) is 0 Å². The molecule has 3 rings (SSSR count). The van der Waals surface area contributed by atoms with Crippen LogP contribution in [0.1, 0.15) is 55.3 Å². The molecule has 7 nitrogen and oxygen atoms in total. The largest absolute Gasteiger partial charge is 0.481 e. The molecule has 1 N–H and O–H groups in total. The number of aromatic nitrogens is 1. The van der Waals surface area contributed by atoms with Gasteiger partial charge in [-0.25, -0.2) is 0 Å². The highest BCUT2D eigenvalue weighted by atomic mass is 16.7. The van der Waals surface area contributed by atoms with Gasteiger partial charge in [0.15, 0.2) is 0 Å². The van der Waals surface area contributed by atoms with Crippen molar-refractivity contribution in [3.63, 3.8) is 0 Å². The first-order valence-corrected chi connectivity index (χ1v) is 8.17. The summed E-state index contributed by atoms with van der Waals surface area (Å²) in [5.74, 6) is -1.38. The summed E-state index contributed by atoms with van der Waals surface area (Å²) in [4.78, 5) is 26.4. The van der Waals surface area contributed by atoms with Gasteiger partial charge in [-0.05, 0) is 19.8 Å². The van der Waals surface area contributed by atoms with E-state index < -0.39 is 17.7 Å². The Labute approximate surface area is 139 Å². The van der Waals surface area contributed by atoms with Gasteiger partial charge in [0.05, 0.1) is 25.1 Å². The highest BCUT2D eigenvalue weighted by Gasteiger charge is 2.41. The third kappa shape index (κ3) is 3.51. The standard InChI is InChI=1S/C17H21NO6/c1-11-16-13(10-23-17(24-16)6-2-3-7-17)12(8-18-11)9-22-15(21)5-4-14(19)20/h8H,2-7,9-10H2,1H3,(H,19,20). The van der Waals surface area contributed by atoms with E-state index in [-0.39, 0.29) is 19.4 Å². The number of pyridine rings is 1. The van der Waals surface area contributed by atoms with Crippen LogP contribution < -0.4 is 4.74 Å². The van der Waals surface area contributed by atoms with E-state index in [9.17, 15) is 9.59 Å². The van der Waals surface area contributed by atoms with Crippen LogP contribution in [-0.2, 0) is 32.3 Å². The summed E-state index contributed by atoms with van der Waals surface area (Å²) in [6.45, 7) is 2.32. The van der Waals surface area contributed by atoms with Gasteiger partial charge in [0.2, 0.25) is 5.79 Å². The third-order valence-corrected chi connectivity index (χ3v) is 4.47. The Balaban J connectivity index is 1.70. The van der Waals surface area contributed by atoms with Gasteiger partial charge in [0, 0.05) is 30.2 Å². The summed E-state index contributed by atoms with van der Waals surface area (Å²) in [5, 5.41) is 8.59. The van der Waals surface area contributed by atoms with Gasteiger partial charge in [-0.2, -0.15) is 0 Å².